The summed E-state index contributed by atoms with van der Waals surface area (Å²) in [5.41, 5.74) is 0. The molecule has 0 bridgehead atoms. The van der Waals surface area contributed by atoms with Crippen molar-refractivity contribution in [2.75, 3.05) is 13.2 Å². The van der Waals surface area contributed by atoms with E-state index in [1.54, 1.807) is 0 Å². The molecule has 6 heteroatoms. The van der Waals surface area contributed by atoms with Crippen LogP contribution in [0.15, 0.2) is 0 Å². The molecule has 57 heavy (non-hydrogen) atoms. The summed E-state index contributed by atoms with van der Waals surface area (Å²) < 4.78 is 16.8. The number of hydrogen-bond acceptors (Lipinski definition) is 6. The lowest BCUT2D eigenvalue weighted by atomic mass is 9.99. The molecule has 0 aliphatic carbocycles. The molecule has 0 aromatic heterocycles. The number of carbonyl (C=O) groups is 3. The summed E-state index contributed by atoms with van der Waals surface area (Å²) in [4.78, 5) is 37.9. The van der Waals surface area contributed by atoms with Crippen molar-refractivity contribution in [3.8, 4) is 0 Å². The second kappa shape index (κ2) is 45.5. The molecule has 6 nitrogen and oxygen atoms in total. The second-order valence-electron chi connectivity index (χ2n) is 17.7. The maximum atomic E-state index is 12.8. The average molecular weight is 807 g/mol. The molecule has 0 heterocycles. The summed E-state index contributed by atoms with van der Waals surface area (Å²) in [7, 11) is 0. The first kappa shape index (κ1) is 55.4. The molecular weight excluding hydrogens is 709 g/mol. The largest absolute Gasteiger partial charge is 0.462 e. The third-order valence-corrected chi connectivity index (χ3v) is 11.9. The van der Waals surface area contributed by atoms with Gasteiger partial charge in [0.25, 0.3) is 0 Å². The molecule has 0 saturated carbocycles. The molecule has 0 spiro atoms. The zero-order valence-corrected chi connectivity index (χ0v) is 38.8. The van der Waals surface area contributed by atoms with E-state index in [0.29, 0.717) is 19.3 Å². The van der Waals surface area contributed by atoms with Gasteiger partial charge in [-0.3, -0.25) is 14.4 Å². The van der Waals surface area contributed by atoms with Gasteiger partial charge in [0.1, 0.15) is 13.2 Å². The molecule has 0 amide bonds. The fourth-order valence-corrected chi connectivity index (χ4v) is 7.66. The molecular formula is C51H98O6. The SMILES string of the molecule is CCCCCCCCCCCCCCCCCCC(=O)O[C@H](COC(=O)CCCCCCCCCCCCC)COC(=O)CCCCCCCCCCC(C)CC. The number of unbranched alkanes of at least 4 members (excludes halogenated alkanes) is 32. The molecule has 0 aromatic carbocycles. The Morgan fingerprint density at radius 1 is 0.351 bits per heavy atom. The summed E-state index contributed by atoms with van der Waals surface area (Å²) in [5, 5.41) is 0. The van der Waals surface area contributed by atoms with Crippen molar-refractivity contribution in [2.45, 2.75) is 291 Å². The van der Waals surface area contributed by atoms with Gasteiger partial charge >= 0.3 is 17.9 Å². The van der Waals surface area contributed by atoms with Gasteiger partial charge in [-0.2, -0.15) is 0 Å². The highest BCUT2D eigenvalue weighted by atomic mass is 16.6. The third kappa shape index (κ3) is 43.8. The average Bonchev–Trinajstić information content (AvgIpc) is 3.21. The van der Waals surface area contributed by atoms with E-state index in [0.717, 1.165) is 63.7 Å². The Balaban J connectivity index is 4.31. The van der Waals surface area contributed by atoms with Crippen molar-refractivity contribution in [3.63, 3.8) is 0 Å². The predicted octanol–water partition coefficient (Wildman–Crippen LogP) is 16.3. The van der Waals surface area contributed by atoms with Crippen LogP contribution in [0.2, 0.25) is 0 Å². The van der Waals surface area contributed by atoms with Gasteiger partial charge in [0.2, 0.25) is 0 Å². The lowest BCUT2D eigenvalue weighted by Crippen LogP contribution is -2.30. The van der Waals surface area contributed by atoms with Crippen molar-refractivity contribution in [1.29, 1.82) is 0 Å². The molecule has 0 aliphatic rings. The Morgan fingerprint density at radius 2 is 0.614 bits per heavy atom. The number of carbonyl (C=O) groups excluding carboxylic acids is 3. The Bertz CT molecular complexity index is 859. The van der Waals surface area contributed by atoms with Crippen LogP contribution >= 0.6 is 0 Å². The van der Waals surface area contributed by atoms with E-state index in [4.69, 9.17) is 14.2 Å². The van der Waals surface area contributed by atoms with Crippen LogP contribution in [0.3, 0.4) is 0 Å². The maximum absolute atomic E-state index is 12.8. The van der Waals surface area contributed by atoms with Crippen LogP contribution in [0.1, 0.15) is 285 Å². The lowest BCUT2D eigenvalue weighted by Gasteiger charge is -2.18. The number of ether oxygens (including phenoxy) is 3. The fraction of sp³-hybridized carbons (Fsp3) is 0.941. The van der Waals surface area contributed by atoms with E-state index in [1.807, 2.05) is 0 Å². The molecule has 0 N–H and O–H groups in total. The van der Waals surface area contributed by atoms with Crippen LogP contribution in [-0.4, -0.2) is 37.2 Å². The summed E-state index contributed by atoms with van der Waals surface area (Å²) in [6, 6.07) is 0. The van der Waals surface area contributed by atoms with Crippen LogP contribution < -0.4 is 0 Å². The first-order chi connectivity index (χ1) is 27.9. The van der Waals surface area contributed by atoms with E-state index in [2.05, 4.69) is 27.7 Å². The molecule has 0 aliphatic heterocycles. The normalized spacial score (nSPS) is 12.4. The number of esters is 3. The van der Waals surface area contributed by atoms with Crippen LogP contribution in [-0.2, 0) is 28.6 Å². The third-order valence-electron chi connectivity index (χ3n) is 11.9. The summed E-state index contributed by atoms with van der Waals surface area (Å²) in [6.45, 7) is 9.02. The minimum atomic E-state index is -0.760. The molecule has 338 valence electrons. The molecule has 0 aromatic rings. The number of rotatable bonds is 46. The highest BCUT2D eigenvalue weighted by Gasteiger charge is 2.19. The minimum absolute atomic E-state index is 0.0633. The zero-order valence-electron chi connectivity index (χ0n) is 38.8. The second-order valence-corrected chi connectivity index (χ2v) is 17.7. The standard InChI is InChI=1S/C51H98O6/c1-5-8-10-12-14-16-18-19-20-21-22-24-26-32-36-40-44-51(54)57-48(45-55-49(52)42-38-34-30-25-23-17-15-13-11-9-6-2)46-56-50(53)43-39-35-31-28-27-29-33-37-41-47(4)7-3/h47-48H,5-46H2,1-4H3/t47?,48-/m1/s1. The fourth-order valence-electron chi connectivity index (χ4n) is 7.66. The quantitative estimate of drug-likeness (QED) is 0.0346. The van der Waals surface area contributed by atoms with Crippen molar-refractivity contribution < 1.29 is 28.6 Å². The topological polar surface area (TPSA) is 78.9 Å². The van der Waals surface area contributed by atoms with Crippen LogP contribution in [0, 0.1) is 5.92 Å². The van der Waals surface area contributed by atoms with Gasteiger partial charge in [0.05, 0.1) is 0 Å². The van der Waals surface area contributed by atoms with Crippen LogP contribution in [0.5, 0.6) is 0 Å². The van der Waals surface area contributed by atoms with E-state index >= 15 is 0 Å². The van der Waals surface area contributed by atoms with Gasteiger partial charge in [-0.15, -0.1) is 0 Å². The Labute approximate surface area is 355 Å². The molecule has 0 saturated heterocycles. The van der Waals surface area contributed by atoms with Crippen molar-refractivity contribution in [3.05, 3.63) is 0 Å². The Morgan fingerprint density at radius 3 is 0.912 bits per heavy atom. The van der Waals surface area contributed by atoms with E-state index in [1.165, 1.54) is 180 Å². The maximum Gasteiger partial charge on any atom is 0.306 e. The smallest absolute Gasteiger partial charge is 0.306 e. The molecule has 2 atom stereocenters. The van der Waals surface area contributed by atoms with Gasteiger partial charge < -0.3 is 14.2 Å². The lowest BCUT2D eigenvalue weighted by molar-refractivity contribution is -0.167. The van der Waals surface area contributed by atoms with Gasteiger partial charge in [0.15, 0.2) is 6.10 Å². The highest BCUT2D eigenvalue weighted by Crippen LogP contribution is 2.17. The minimum Gasteiger partial charge on any atom is -0.462 e. The zero-order chi connectivity index (χ0) is 41.7. The molecule has 0 rings (SSSR count). The van der Waals surface area contributed by atoms with Crippen molar-refractivity contribution >= 4 is 17.9 Å². The molecule has 0 radical (unpaired) electrons. The summed E-state index contributed by atoms with van der Waals surface area (Å²) in [5.74, 6) is 0.000198. The predicted molar refractivity (Wildman–Crippen MR) is 243 cm³/mol. The van der Waals surface area contributed by atoms with Gasteiger partial charge in [0, 0.05) is 19.3 Å². The summed E-state index contributed by atoms with van der Waals surface area (Å²) >= 11 is 0. The number of hydrogen-bond donors (Lipinski definition) is 0. The van der Waals surface area contributed by atoms with E-state index in [-0.39, 0.29) is 31.1 Å². The van der Waals surface area contributed by atoms with Gasteiger partial charge in [-0.1, -0.05) is 246 Å². The van der Waals surface area contributed by atoms with Crippen molar-refractivity contribution in [1.82, 2.24) is 0 Å². The molecule has 0 fully saturated rings. The molecule has 1 unspecified atom stereocenters. The Hall–Kier alpha value is -1.59. The van der Waals surface area contributed by atoms with E-state index < -0.39 is 6.10 Å². The first-order valence-electron chi connectivity index (χ1n) is 25.4. The van der Waals surface area contributed by atoms with Gasteiger partial charge in [-0.05, 0) is 25.2 Å². The van der Waals surface area contributed by atoms with Crippen LogP contribution in [0.25, 0.3) is 0 Å². The summed E-state index contributed by atoms with van der Waals surface area (Å²) in [6.07, 6.45) is 46.5. The van der Waals surface area contributed by atoms with Crippen molar-refractivity contribution in [2.24, 2.45) is 5.92 Å². The highest BCUT2D eigenvalue weighted by molar-refractivity contribution is 5.71. The first-order valence-corrected chi connectivity index (χ1v) is 25.4. The van der Waals surface area contributed by atoms with Crippen LogP contribution in [0.4, 0.5) is 0 Å². The Kier molecular flexibility index (Phi) is 44.2. The monoisotopic (exact) mass is 807 g/mol. The van der Waals surface area contributed by atoms with E-state index in [9.17, 15) is 14.4 Å². The van der Waals surface area contributed by atoms with Gasteiger partial charge in [-0.25, -0.2) is 0 Å².